The van der Waals surface area contributed by atoms with Gasteiger partial charge >= 0.3 is 0 Å². The van der Waals surface area contributed by atoms with Crippen LogP contribution >= 0.6 is 0 Å². The lowest BCUT2D eigenvalue weighted by Gasteiger charge is -2.36. The van der Waals surface area contributed by atoms with Crippen molar-refractivity contribution >= 4 is 21.9 Å². The van der Waals surface area contributed by atoms with Gasteiger partial charge in [-0.15, -0.1) is 5.10 Å². The Balaban J connectivity index is 1.67. The SMILES string of the molecule is Cn1nnc(C(N)(N)N)c1-c1cnc2c3ccc(C(C)(C)O)cc3n(C(c3ccccc3)C3CCC(F)(F)CC3)c2c1. The van der Waals surface area contributed by atoms with Crippen molar-refractivity contribution < 1.29 is 13.9 Å². The van der Waals surface area contributed by atoms with Crippen LogP contribution in [-0.2, 0) is 18.4 Å². The summed E-state index contributed by atoms with van der Waals surface area (Å²) in [4.78, 5) is 4.89. The first-order valence-electron chi connectivity index (χ1n) is 14.1. The second-order valence-corrected chi connectivity index (χ2v) is 12.1. The molecule has 5 aromatic rings. The van der Waals surface area contributed by atoms with Crippen LogP contribution in [0.3, 0.4) is 0 Å². The Hall–Kier alpha value is -3.77. The minimum absolute atomic E-state index is 0.0565. The smallest absolute Gasteiger partial charge is 0.248 e. The van der Waals surface area contributed by atoms with Crippen LogP contribution < -0.4 is 17.2 Å². The number of nitrogens with zero attached hydrogens (tertiary/aromatic N) is 5. The normalized spacial score (nSPS) is 17.3. The first-order chi connectivity index (χ1) is 19.7. The molecule has 1 aliphatic rings. The molecular weight excluding hydrogens is 538 g/mol. The fourth-order valence-corrected chi connectivity index (χ4v) is 6.35. The van der Waals surface area contributed by atoms with Crippen LogP contribution in [0.25, 0.3) is 33.2 Å². The number of benzene rings is 2. The van der Waals surface area contributed by atoms with Gasteiger partial charge in [-0.05, 0) is 55.9 Å². The molecule has 0 spiro atoms. The molecular formula is C31H36F2N8O. The molecule has 1 fully saturated rings. The molecule has 0 radical (unpaired) electrons. The molecule has 7 N–H and O–H groups in total. The minimum Gasteiger partial charge on any atom is -0.386 e. The summed E-state index contributed by atoms with van der Waals surface area (Å²) in [5.74, 6) is -4.45. The highest BCUT2D eigenvalue weighted by molar-refractivity contribution is 6.07. The summed E-state index contributed by atoms with van der Waals surface area (Å²) in [5, 5.41) is 20.0. The average Bonchev–Trinajstić information content (AvgIpc) is 3.47. The largest absolute Gasteiger partial charge is 0.386 e. The van der Waals surface area contributed by atoms with Crippen LogP contribution in [0.2, 0.25) is 0 Å². The van der Waals surface area contributed by atoms with E-state index in [4.69, 9.17) is 22.2 Å². The van der Waals surface area contributed by atoms with Crippen molar-refractivity contribution in [2.45, 2.75) is 62.9 Å². The molecule has 6 rings (SSSR count). The van der Waals surface area contributed by atoms with Crippen molar-refractivity contribution in [3.63, 3.8) is 0 Å². The lowest BCUT2D eigenvalue weighted by molar-refractivity contribution is -0.0493. The van der Waals surface area contributed by atoms with Gasteiger partial charge in [-0.3, -0.25) is 22.2 Å². The van der Waals surface area contributed by atoms with E-state index in [9.17, 15) is 13.9 Å². The lowest BCUT2D eigenvalue weighted by atomic mass is 9.79. The van der Waals surface area contributed by atoms with E-state index in [-0.39, 0.29) is 30.5 Å². The van der Waals surface area contributed by atoms with E-state index in [0.29, 0.717) is 24.1 Å². The summed E-state index contributed by atoms with van der Waals surface area (Å²) in [6, 6.07) is 17.5. The Kier molecular flexibility index (Phi) is 6.69. The first-order valence-corrected chi connectivity index (χ1v) is 14.1. The average molecular weight is 575 g/mol. The third-order valence-corrected chi connectivity index (χ3v) is 8.48. The van der Waals surface area contributed by atoms with Crippen molar-refractivity contribution in [3.8, 4) is 11.3 Å². The van der Waals surface area contributed by atoms with Crippen LogP contribution in [-0.4, -0.2) is 35.6 Å². The van der Waals surface area contributed by atoms with Crippen molar-refractivity contribution in [3.05, 3.63) is 77.6 Å². The van der Waals surface area contributed by atoms with Gasteiger partial charge < -0.3 is 9.67 Å². The van der Waals surface area contributed by atoms with Crippen molar-refractivity contribution in [2.24, 2.45) is 30.2 Å². The molecule has 0 amide bonds. The maximum Gasteiger partial charge on any atom is 0.248 e. The zero-order valence-corrected chi connectivity index (χ0v) is 23.9. The van der Waals surface area contributed by atoms with Crippen molar-refractivity contribution in [1.82, 2.24) is 24.5 Å². The zero-order valence-electron chi connectivity index (χ0n) is 23.9. The molecule has 1 unspecified atom stereocenters. The lowest BCUT2D eigenvalue weighted by Crippen LogP contribution is -2.55. The molecule has 0 aliphatic heterocycles. The predicted molar refractivity (Wildman–Crippen MR) is 158 cm³/mol. The van der Waals surface area contributed by atoms with E-state index in [0.717, 1.165) is 33.1 Å². The molecule has 3 aromatic heterocycles. The Morgan fingerprint density at radius 2 is 1.69 bits per heavy atom. The van der Waals surface area contributed by atoms with Crippen LogP contribution in [0, 0.1) is 5.92 Å². The summed E-state index contributed by atoms with van der Waals surface area (Å²) in [6.45, 7) is 3.48. The van der Waals surface area contributed by atoms with Crippen molar-refractivity contribution in [1.29, 1.82) is 0 Å². The van der Waals surface area contributed by atoms with E-state index < -0.39 is 17.3 Å². The second-order valence-electron chi connectivity index (χ2n) is 12.1. The van der Waals surface area contributed by atoms with Gasteiger partial charge in [0.15, 0.2) is 5.79 Å². The number of aromatic nitrogens is 5. The Bertz CT molecular complexity index is 1760. The summed E-state index contributed by atoms with van der Waals surface area (Å²) in [7, 11) is 1.72. The van der Waals surface area contributed by atoms with Gasteiger partial charge in [0.1, 0.15) is 5.69 Å². The number of aliphatic hydroxyl groups is 1. The van der Waals surface area contributed by atoms with Gasteiger partial charge in [-0.1, -0.05) is 47.7 Å². The molecule has 0 saturated heterocycles. The molecule has 2 aromatic carbocycles. The maximum absolute atomic E-state index is 14.4. The van der Waals surface area contributed by atoms with Gasteiger partial charge in [0.25, 0.3) is 0 Å². The van der Waals surface area contributed by atoms with E-state index in [1.165, 1.54) is 0 Å². The number of nitrogens with two attached hydrogens (primary N) is 3. The van der Waals surface area contributed by atoms with Crippen molar-refractivity contribution in [2.75, 3.05) is 0 Å². The third-order valence-electron chi connectivity index (χ3n) is 8.48. The van der Waals surface area contributed by atoms with E-state index >= 15 is 0 Å². The summed E-state index contributed by atoms with van der Waals surface area (Å²) < 4.78 is 32.5. The summed E-state index contributed by atoms with van der Waals surface area (Å²) in [6.07, 6.45) is 2.14. The predicted octanol–water partition coefficient (Wildman–Crippen LogP) is 4.61. The fraction of sp³-hybridized carbons (Fsp3) is 0.387. The van der Waals surface area contributed by atoms with Crippen LogP contribution in [0.1, 0.15) is 62.4 Å². The summed E-state index contributed by atoms with van der Waals surface area (Å²) >= 11 is 0. The number of rotatable bonds is 6. The van der Waals surface area contributed by atoms with Gasteiger partial charge in [0, 0.05) is 37.0 Å². The number of alkyl halides is 2. The minimum atomic E-state index is -2.66. The van der Waals surface area contributed by atoms with E-state index in [1.54, 1.807) is 31.8 Å². The third kappa shape index (κ3) is 4.96. The Morgan fingerprint density at radius 1 is 1.00 bits per heavy atom. The molecule has 42 heavy (non-hydrogen) atoms. The van der Waals surface area contributed by atoms with E-state index in [1.807, 2.05) is 54.6 Å². The number of aryl methyl sites for hydroxylation is 1. The van der Waals surface area contributed by atoms with Gasteiger partial charge in [0.05, 0.1) is 33.9 Å². The van der Waals surface area contributed by atoms with Crippen LogP contribution in [0.4, 0.5) is 8.78 Å². The highest BCUT2D eigenvalue weighted by Gasteiger charge is 2.39. The summed E-state index contributed by atoms with van der Waals surface area (Å²) in [5.41, 5.74) is 22.6. The number of halogens is 2. The molecule has 9 nitrogen and oxygen atoms in total. The molecule has 11 heteroatoms. The zero-order chi connectivity index (χ0) is 30.0. The van der Waals surface area contributed by atoms with E-state index in [2.05, 4.69) is 14.9 Å². The number of hydrogen-bond donors (Lipinski definition) is 4. The molecule has 220 valence electrons. The number of hydrogen-bond acceptors (Lipinski definition) is 7. The molecule has 1 atom stereocenters. The van der Waals surface area contributed by atoms with Gasteiger partial charge in [-0.25, -0.2) is 13.5 Å². The first kappa shape index (κ1) is 28.4. The van der Waals surface area contributed by atoms with Gasteiger partial charge in [0.2, 0.25) is 5.92 Å². The maximum atomic E-state index is 14.4. The van der Waals surface area contributed by atoms with Crippen LogP contribution in [0.5, 0.6) is 0 Å². The molecule has 1 aliphatic carbocycles. The molecule has 0 bridgehead atoms. The molecule has 3 heterocycles. The van der Waals surface area contributed by atoms with Crippen LogP contribution in [0.15, 0.2) is 60.8 Å². The monoisotopic (exact) mass is 574 g/mol. The highest BCUT2D eigenvalue weighted by Crippen LogP contribution is 2.46. The highest BCUT2D eigenvalue weighted by atomic mass is 19.3. The quantitative estimate of drug-likeness (QED) is 0.217. The standard InChI is InChI=1S/C31H36F2N8O/c1-29(2,42)21-9-10-22-23(16-21)41(26(18-7-5-4-6-8-18)19-11-13-30(32,33)14-12-19)24-15-20(17-37-25(22)24)27-28(31(34,35)36)38-39-40(27)3/h4-10,15-17,19,26,42H,11-14,34-36H2,1-3H3. The Labute approximate surface area is 242 Å². The number of fused-ring (bicyclic) bond motifs is 3. The number of pyridine rings is 1. The van der Waals surface area contributed by atoms with Gasteiger partial charge in [-0.2, -0.15) is 0 Å². The second kappa shape index (κ2) is 9.91. The fourth-order valence-electron chi connectivity index (χ4n) is 6.35. The molecule has 1 saturated carbocycles. The topological polar surface area (TPSA) is 147 Å². The Morgan fingerprint density at radius 3 is 2.33 bits per heavy atom.